The topological polar surface area (TPSA) is 0 Å². The largest absolute Gasteiger partial charge is 0.103 e. The molecule has 0 N–H and O–H groups in total. The van der Waals surface area contributed by atoms with Crippen molar-refractivity contribution in [3.05, 3.63) is 33.9 Å². The molecular weight excluding hydrogens is 204 g/mol. The van der Waals surface area contributed by atoms with E-state index < -0.39 is 0 Å². The molecule has 0 saturated carbocycles. The average Bonchev–Trinajstić information content (AvgIpc) is 2.29. The molecule has 1 aromatic carbocycles. The molecule has 0 radical (unpaired) electrons. The van der Waals surface area contributed by atoms with E-state index in [0.29, 0.717) is 5.92 Å². The van der Waals surface area contributed by atoms with Crippen LogP contribution >= 0.6 is 0 Å². The molecule has 0 spiro atoms. The standard InChI is InChI=1S/C17H24/c1-7-8-9-12(2)10-17-15(5)13(3)11-14(4)16(17)6/h11-12H,7,10H2,1-6H3. The molecule has 1 atom stereocenters. The van der Waals surface area contributed by atoms with Crippen molar-refractivity contribution in [2.45, 2.75) is 54.4 Å². The van der Waals surface area contributed by atoms with Crippen molar-refractivity contribution in [2.75, 3.05) is 0 Å². The first-order valence-electron chi connectivity index (χ1n) is 6.52. The van der Waals surface area contributed by atoms with E-state index in [-0.39, 0.29) is 0 Å². The van der Waals surface area contributed by atoms with Gasteiger partial charge in [0.15, 0.2) is 0 Å². The lowest BCUT2D eigenvalue weighted by molar-refractivity contribution is 0.739. The molecule has 1 rings (SSSR count). The van der Waals surface area contributed by atoms with Gasteiger partial charge in [-0.15, -0.1) is 5.92 Å². The number of benzene rings is 1. The lowest BCUT2D eigenvalue weighted by Gasteiger charge is -2.16. The van der Waals surface area contributed by atoms with Crippen LogP contribution in [0.3, 0.4) is 0 Å². The van der Waals surface area contributed by atoms with E-state index in [1.807, 2.05) is 0 Å². The third kappa shape index (κ3) is 3.37. The Morgan fingerprint density at radius 3 is 2.06 bits per heavy atom. The van der Waals surface area contributed by atoms with Crippen LogP contribution in [0.4, 0.5) is 0 Å². The summed E-state index contributed by atoms with van der Waals surface area (Å²) < 4.78 is 0. The predicted octanol–water partition coefficient (Wildman–Crippen LogP) is 4.51. The van der Waals surface area contributed by atoms with Crippen LogP contribution in [-0.2, 0) is 6.42 Å². The number of hydrogen-bond acceptors (Lipinski definition) is 0. The average molecular weight is 228 g/mol. The molecule has 0 aliphatic heterocycles. The van der Waals surface area contributed by atoms with E-state index in [9.17, 15) is 0 Å². The second-order valence-electron chi connectivity index (χ2n) is 5.02. The first-order chi connectivity index (χ1) is 7.97. The summed E-state index contributed by atoms with van der Waals surface area (Å²) in [5, 5.41) is 0. The highest BCUT2D eigenvalue weighted by Crippen LogP contribution is 2.24. The van der Waals surface area contributed by atoms with Crippen molar-refractivity contribution in [1.82, 2.24) is 0 Å². The summed E-state index contributed by atoms with van der Waals surface area (Å²) in [4.78, 5) is 0. The lowest BCUT2D eigenvalue weighted by Crippen LogP contribution is -2.04. The minimum atomic E-state index is 0.452. The third-order valence-electron chi connectivity index (χ3n) is 3.56. The van der Waals surface area contributed by atoms with E-state index in [1.54, 1.807) is 0 Å². The smallest absolute Gasteiger partial charge is 0.0215 e. The third-order valence-corrected chi connectivity index (χ3v) is 3.56. The van der Waals surface area contributed by atoms with Crippen molar-refractivity contribution in [3.8, 4) is 11.8 Å². The van der Waals surface area contributed by atoms with Crippen LogP contribution in [0.1, 0.15) is 48.1 Å². The lowest BCUT2D eigenvalue weighted by atomic mass is 9.89. The molecule has 92 valence electrons. The number of aryl methyl sites for hydroxylation is 2. The van der Waals surface area contributed by atoms with Crippen LogP contribution in [0.15, 0.2) is 6.07 Å². The summed E-state index contributed by atoms with van der Waals surface area (Å²) in [5.41, 5.74) is 7.19. The van der Waals surface area contributed by atoms with Gasteiger partial charge < -0.3 is 0 Å². The molecule has 0 heterocycles. The molecule has 0 nitrogen and oxygen atoms in total. The molecule has 0 heteroatoms. The number of hydrogen-bond donors (Lipinski definition) is 0. The van der Waals surface area contributed by atoms with Gasteiger partial charge >= 0.3 is 0 Å². The number of rotatable bonds is 2. The minimum absolute atomic E-state index is 0.452. The second-order valence-corrected chi connectivity index (χ2v) is 5.02. The van der Waals surface area contributed by atoms with Crippen LogP contribution in [0, 0.1) is 45.5 Å². The van der Waals surface area contributed by atoms with E-state index in [0.717, 1.165) is 12.8 Å². The van der Waals surface area contributed by atoms with Gasteiger partial charge in [-0.25, -0.2) is 0 Å². The molecule has 17 heavy (non-hydrogen) atoms. The van der Waals surface area contributed by atoms with Crippen LogP contribution in [0.25, 0.3) is 0 Å². The summed E-state index contributed by atoms with van der Waals surface area (Å²) in [7, 11) is 0. The summed E-state index contributed by atoms with van der Waals surface area (Å²) in [6.45, 7) is 13.2. The Labute approximate surface area is 106 Å². The quantitative estimate of drug-likeness (QED) is 0.653. The second kappa shape index (κ2) is 5.92. The van der Waals surface area contributed by atoms with Crippen LogP contribution in [-0.4, -0.2) is 0 Å². The molecule has 1 unspecified atom stereocenters. The maximum Gasteiger partial charge on any atom is 0.0215 e. The SMILES string of the molecule is CCC#CC(C)Cc1c(C)c(C)cc(C)c1C. The van der Waals surface area contributed by atoms with Gasteiger partial charge in [-0.2, -0.15) is 0 Å². The zero-order chi connectivity index (χ0) is 13.0. The Hall–Kier alpha value is -1.22. The summed E-state index contributed by atoms with van der Waals surface area (Å²) in [6.07, 6.45) is 2.03. The fraction of sp³-hybridized carbons (Fsp3) is 0.529. The van der Waals surface area contributed by atoms with Gasteiger partial charge in [0.2, 0.25) is 0 Å². The Kier molecular flexibility index (Phi) is 4.82. The Morgan fingerprint density at radius 1 is 1.06 bits per heavy atom. The predicted molar refractivity (Wildman–Crippen MR) is 76.3 cm³/mol. The normalized spacial score (nSPS) is 11.9. The van der Waals surface area contributed by atoms with Gasteiger partial charge in [0.25, 0.3) is 0 Å². The summed E-state index contributed by atoms with van der Waals surface area (Å²) in [6, 6.07) is 2.29. The van der Waals surface area contributed by atoms with E-state index in [4.69, 9.17) is 0 Å². The Balaban J connectivity index is 3.06. The van der Waals surface area contributed by atoms with Crippen LogP contribution in [0.5, 0.6) is 0 Å². The van der Waals surface area contributed by atoms with Crippen LogP contribution < -0.4 is 0 Å². The monoisotopic (exact) mass is 228 g/mol. The maximum absolute atomic E-state index is 3.32. The van der Waals surface area contributed by atoms with E-state index >= 15 is 0 Å². The Morgan fingerprint density at radius 2 is 1.59 bits per heavy atom. The van der Waals surface area contributed by atoms with Gasteiger partial charge in [-0.05, 0) is 61.9 Å². The fourth-order valence-electron chi connectivity index (χ4n) is 2.24. The molecule has 0 amide bonds. The molecule has 0 aliphatic carbocycles. The maximum atomic E-state index is 3.32. The zero-order valence-electron chi connectivity index (χ0n) is 12.1. The molecule has 0 fully saturated rings. The molecule has 0 bridgehead atoms. The fourth-order valence-corrected chi connectivity index (χ4v) is 2.24. The molecule has 1 aromatic rings. The Bertz CT molecular complexity index is 429. The van der Waals surface area contributed by atoms with E-state index in [1.165, 1.54) is 27.8 Å². The first-order valence-corrected chi connectivity index (χ1v) is 6.52. The zero-order valence-corrected chi connectivity index (χ0v) is 12.1. The van der Waals surface area contributed by atoms with Gasteiger partial charge in [0.05, 0.1) is 0 Å². The highest BCUT2D eigenvalue weighted by molar-refractivity contribution is 5.44. The molecule has 0 aromatic heterocycles. The summed E-state index contributed by atoms with van der Waals surface area (Å²) >= 11 is 0. The van der Waals surface area contributed by atoms with Crippen molar-refractivity contribution in [2.24, 2.45) is 5.92 Å². The highest BCUT2D eigenvalue weighted by Gasteiger charge is 2.10. The van der Waals surface area contributed by atoms with Crippen molar-refractivity contribution < 1.29 is 0 Å². The van der Waals surface area contributed by atoms with Crippen molar-refractivity contribution in [3.63, 3.8) is 0 Å². The molecule has 0 aliphatic rings. The van der Waals surface area contributed by atoms with Gasteiger partial charge in [0.1, 0.15) is 0 Å². The van der Waals surface area contributed by atoms with Crippen LogP contribution in [0.2, 0.25) is 0 Å². The minimum Gasteiger partial charge on any atom is -0.103 e. The molecular formula is C17H24. The van der Waals surface area contributed by atoms with E-state index in [2.05, 4.69) is 59.4 Å². The summed E-state index contributed by atoms with van der Waals surface area (Å²) in [5.74, 6) is 6.96. The van der Waals surface area contributed by atoms with Gasteiger partial charge in [-0.3, -0.25) is 0 Å². The first kappa shape index (κ1) is 13.8. The van der Waals surface area contributed by atoms with Gasteiger partial charge in [0, 0.05) is 12.3 Å². The van der Waals surface area contributed by atoms with Crippen molar-refractivity contribution in [1.29, 1.82) is 0 Å². The molecule has 0 saturated heterocycles. The van der Waals surface area contributed by atoms with Gasteiger partial charge in [-0.1, -0.05) is 25.8 Å². The highest BCUT2D eigenvalue weighted by atomic mass is 14.1. The van der Waals surface area contributed by atoms with Crippen molar-refractivity contribution >= 4 is 0 Å².